The molecule has 23 heavy (non-hydrogen) atoms. The fourth-order valence-electron chi connectivity index (χ4n) is 3.27. The average molecular weight is 319 g/mol. The number of carbonyl (C=O) groups is 1. The molecule has 0 aliphatic carbocycles. The first kappa shape index (κ1) is 16.1. The Morgan fingerprint density at radius 1 is 1.30 bits per heavy atom. The van der Waals surface area contributed by atoms with Gasteiger partial charge in [-0.25, -0.2) is 0 Å². The van der Waals surface area contributed by atoms with E-state index in [2.05, 4.69) is 31.3 Å². The van der Waals surface area contributed by atoms with Gasteiger partial charge in [0.2, 0.25) is 12.7 Å². The lowest BCUT2D eigenvalue weighted by atomic mass is 9.95. The quantitative estimate of drug-likeness (QED) is 0.855. The molecule has 1 amide bonds. The van der Waals surface area contributed by atoms with Gasteiger partial charge >= 0.3 is 0 Å². The number of hydrogen-bond donors (Lipinski definition) is 2. The Balaban J connectivity index is 1.48. The molecule has 3 rings (SSSR count). The van der Waals surface area contributed by atoms with Crippen molar-refractivity contribution in [3.63, 3.8) is 0 Å². The zero-order valence-electron chi connectivity index (χ0n) is 14.1. The molecule has 0 bridgehead atoms. The number of quaternary nitrogens is 1. The zero-order valence-corrected chi connectivity index (χ0v) is 14.1. The first-order valence-electron chi connectivity index (χ1n) is 8.68. The lowest BCUT2D eigenvalue weighted by Gasteiger charge is -2.29. The molecule has 0 saturated carbocycles. The molecule has 5 heteroatoms. The van der Waals surface area contributed by atoms with Crippen LogP contribution in [0.25, 0.3) is 0 Å². The molecule has 1 saturated heterocycles. The van der Waals surface area contributed by atoms with Crippen molar-refractivity contribution in [1.82, 2.24) is 5.32 Å². The topological polar surface area (TPSA) is 52.0 Å². The molecule has 2 aliphatic heterocycles. The second kappa shape index (κ2) is 7.21. The third-order valence-electron chi connectivity index (χ3n) is 4.96. The summed E-state index contributed by atoms with van der Waals surface area (Å²) in [5.74, 6) is 2.11. The van der Waals surface area contributed by atoms with Crippen molar-refractivity contribution in [3.05, 3.63) is 23.8 Å². The van der Waals surface area contributed by atoms with Gasteiger partial charge < -0.3 is 19.7 Å². The molecule has 2 heterocycles. The summed E-state index contributed by atoms with van der Waals surface area (Å²) in [6.45, 7) is 7.57. The molecule has 2 aliphatic rings. The van der Waals surface area contributed by atoms with Crippen LogP contribution in [0.5, 0.6) is 11.5 Å². The lowest BCUT2D eigenvalue weighted by Crippen LogP contribution is -3.11. The second-order valence-electron chi connectivity index (χ2n) is 6.71. The maximum absolute atomic E-state index is 12.2. The number of fused-ring (bicyclic) bond motifs is 1. The van der Waals surface area contributed by atoms with E-state index in [0.717, 1.165) is 50.4 Å². The summed E-state index contributed by atoms with van der Waals surface area (Å²) in [4.78, 5) is 13.7. The van der Waals surface area contributed by atoms with Crippen LogP contribution in [-0.4, -0.2) is 31.8 Å². The van der Waals surface area contributed by atoms with E-state index in [1.54, 1.807) is 0 Å². The van der Waals surface area contributed by atoms with Crippen molar-refractivity contribution < 1.29 is 19.2 Å². The predicted octanol–water partition coefficient (Wildman–Crippen LogP) is 1.12. The Morgan fingerprint density at radius 2 is 2.04 bits per heavy atom. The SMILES string of the molecule is CC[C@H](C)NC(=O)C1CC[NH+](Cc2ccc3c(c2)OCO3)CC1. The van der Waals surface area contributed by atoms with Crippen LogP contribution in [0.4, 0.5) is 0 Å². The maximum Gasteiger partial charge on any atom is 0.231 e. The normalized spacial score (nSPS) is 24.3. The molecule has 1 aromatic carbocycles. The zero-order chi connectivity index (χ0) is 16.2. The number of nitrogens with one attached hydrogen (secondary N) is 2. The van der Waals surface area contributed by atoms with Crippen LogP contribution < -0.4 is 19.7 Å². The van der Waals surface area contributed by atoms with Gasteiger partial charge in [-0.15, -0.1) is 0 Å². The third kappa shape index (κ3) is 3.96. The molecule has 126 valence electrons. The number of amides is 1. The van der Waals surface area contributed by atoms with Gasteiger partial charge in [-0.3, -0.25) is 4.79 Å². The van der Waals surface area contributed by atoms with E-state index < -0.39 is 0 Å². The van der Waals surface area contributed by atoms with Gasteiger partial charge in [0, 0.05) is 30.4 Å². The Kier molecular flexibility index (Phi) is 5.06. The highest BCUT2D eigenvalue weighted by Crippen LogP contribution is 2.32. The average Bonchev–Trinajstić information content (AvgIpc) is 3.03. The van der Waals surface area contributed by atoms with Crippen molar-refractivity contribution >= 4 is 5.91 Å². The summed E-state index contributed by atoms with van der Waals surface area (Å²) in [6.07, 6.45) is 2.93. The number of likely N-dealkylation sites (tertiary alicyclic amines) is 1. The van der Waals surface area contributed by atoms with Gasteiger partial charge in [0.15, 0.2) is 11.5 Å². The fourth-order valence-corrected chi connectivity index (χ4v) is 3.27. The molecule has 0 spiro atoms. The van der Waals surface area contributed by atoms with Gasteiger partial charge in [0.25, 0.3) is 0 Å². The maximum atomic E-state index is 12.2. The predicted molar refractivity (Wildman–Crippen MR) is 87.6 cm³/mol. The van der Waals surface area contributed by atoms with Gasteiger partial charge in [-0.2, -0.15) is 0 Å². The smallest absolute Gasteiger partial charge is 0.231 e. The summed E-state index contributed by atoms with van der Waals surface area (Å²) in [5, 5.41) is 3.11. The number of carbonyl (C=O) groups excluding carboxylic acids is 1. The Morgan fingerprint density at radius 3 is 2.78 bits per heavy atom. The molecule has 1 atom stereocenters. The molecule has 1 aromatic rings. The van der Waals surface area contributed by atoms with E-state index in [9.17, 15) is 4.79 Å². The minimum absolute atomic E-state index is 0.185. The van der Waals surface area contributed by atoms with E-state index in [-0.39, 0.29) is 17.9 Å². The fraction of sp³-hybridized carbons (Fsp3) is 0.611. The highest BCUT2D eigenvalue weighted by atomic mass is 16.7. The first-order chi connectivity index (χ1) is 11.2. The van der Waals surface area contributed by atoms with Crippen molar-refractivity contribution in [2.75, 3.05) is 19.9 Å². The van der Waals surface area contributed by atoms with E-state index in [1.165, 1.54) is 10.5 Å². The van der Waals surface area contributed by atoms with Crippen molar-refractivity contribution in [1.29, 1.82) is 0 Å². The minimum atomic E-state index is 0.185. The van der Waals surface area contributed by atoms with Crippen LogP contribution in [0.1, 0.15) is 38.7 Å². The van der Waals surface area contributed by atoms with Crippen molar-refractivity contribution in [3.8, 4) is 11.5 Å². The lowest BCUT2D eigenvalue weighted by molar-refractivity contribution is -0.919. The third-order valence-corrected chi connectivity index (χ3v) is 4.96. The number of ether oxygens (including phenoxy) is 2. The summed E-state index contributed by atoms with van der Waals surface area (Å²) in [5.41, 5.74) is 1.27. The molecule has 0 aromatic heterocycles. The molecule has 0 radical (unpaired) electrons. The van der Waals surface area contributed by atoms with Crippen LogP contribution in [0, 0.1) is 5.92 Å². The van der Waals surface area contributed by atoms with Crippen molar-refractivity contribution in [2.45, 2.75) is 45.7 Å². The highest BCUT2D eigenvalue weighted by molar-refractivity contribution is 5.78. The minimum Gasteiger partial charge on any atom is -0.454 e. The summed E-state index contributed by atoms with van der Waals surface area (Å²) in [7, 11) is 0. The summed E-state index contributed by atoms with van der Waals surface area (Å²) < 4.78 is 10.8. The highest BCUT2D eigenvalue weighted by Gasteiger charge is 2.28. The van der Waals surface area contributed by atoms with Crippen LogP contribution in [0.2, 0.25) is 0 Å². The van der Waals surface area contributed by atoms with Gasteiger partial charge in [0.1, 0.15) is 6.54 Å². The van der Waals surface area contributed by atoms with Gasteiger partial charge in [-0.1, -0.05) is 6.92 Å². The van der Waals surface area contributed by atoms with E-state index >= 15 is 0 Å². The van der Waals surface area contributed by atoms with Crippen LogP contribution in [0.3, 0.4) is 0 Å². The molecular formula is C18H27N2O3+. The van der Waals surface area contributed by atoms with Crippen LogP contribution in [-0.2, 0) is 11.3 Å². The number of benzene rings is 1. The Labute approximate surface area is 137 Å². The standard InChI is InChI=1S/C18H26N2O3/c1-3-13(2)19-18(21)15-6-8-20(9-7-15)11-14-4-5-16-17(10-14)23-12-22-16/h4-5,10,13,15H,3,6-9,11-12H2,1-2H3,(H,19,21)/p+1/t13-/m0/s1. The Bertz CT molecular complexity index is 553. The summed E-state index contributed by atoms with van der Waals surface area (Å²) in [6, 6.07) is 6.46. The summed E-state index contributed by atoms with van der Waals surface area (Å²) >= 11 is 0. The molecule has 0 unspecified atom stereocenters. The second-order valence-corrected chi connectivity index (χ2v) is 6.71. The van der Waals surface area contributed by atoms with Crippen LogP contribution in [0.15, 0.2) is 18.2 Å². The largest absolute Gasteiger partial charge is 0.454 e. The number of piperidine rings is 1. The molecule has 1 fully saturated rings. The van der Waals surface area contributed by atoms with Crippen LogP contribution >= 0.6 is 0 Å². The molecule has 2 N–H and O–H groups in total. The van der Waals surface area contributed by atoms with E-state index in [0.29, 0.717) is 6.79 Å². The Hall–Kier alpha value is -1.75. The molecule has 5 nitrogen and oxygen atoms in total. The van der Waals surface area contributed by atoms with Gasteiger partial charge in [0.05, 0.1) is 13.1 Å². The van der Waals surface area contributed by atoms with E-state index in [1.807, 2.05) is 6.07 Å². The monoisotopic (exact) mass is 319 g/mol. The number of rotatable bonds is 5. The van der Waals surface area contributed by atoms with Crippen molar-refractivity contribution in [2.24, 2.45) is 5.92 Å². The first-order valence-corrected chi connectivity index (χ1v) is 8.68. The van der Waals surface area contributed by atoms with E-state index in [4.69, 9.17) is 9.47 Å². The van der Waals surface area contributed by atoms with Gasteiger partial charge in [-0.05, 0) is 31.5 Å². The number of hydrogen-bond acceptors (Lipinski definition) is 3. The molecular weight excluding hydrogens is 292 g/mol.